The lowest BCUT2D eigenvalue weighted by Crippen LogP contribution is -2.15. The molecule has 0 spiro atoms. The molecule has 3 N–H and O–H groups in total. The quantitative estimate of drug-likeness (QED) is 0.828. The average molecular weight is 353 g/mol. The first-order valence-corrected chi connectivity index (χ1v) is 7.67. The SMILES string of the molecule is Nc1cc(F)cc(F)c1NS(=O)(=O)c1ccc(Cl)c(Cl)c1. The van der Waals surface area contributed by atoms with E-state index < -0.39 is 27.3 Å². The Kier molecular flexibility index (Phi) is 4.27. The molecule has 112 valence electrons. The van der Waals surface area contributed by atoms with E-state index in [0.717, 1.165) is 12.1 Å². The second-order valence-corrected chi connectivity index (χ2v) is 6.53. The number of rotatable bonds is 3. The lowest BCUT2D eigenvalue weighted by atomic mass is 10.2. The predicted octanol–water partition coefficient (Wildman–Crippen LogP) is 3.65. The van der Waals surface area contributed by atoms with Gasteiger partial charge in [-0.1, -0.05) is 23.2 Å². The highest BCUT2D eigenvalue weighted by Gasteiger charge is 2.20. The van der Waals surface area contributed by atoms with E-state index in [1.165, 1.54) is 12.1 Å². The number of hydrogen-bond donors (Lipinski definition) is 2. The molecule has 0 unspecified atom stereocenters. The van der Waals surface area contributed by atoms with Gasteiger partial charge in [0, 0.05) is 6.07 Å². The zero-order valence-electron chi connectivity index (χ0n) is 10.2. The third kappa shape index (κ3) is 3.37. The summed E-state index contributed by atoms with van der Waals surface area (Å²) in [5.41, 5.74) is 4.49. The van der Waals surface area contributed by atoms with Crippen molar-refractivity contribution in [2.24, 2.45) is 0 Å². The molecule has 0 radical (unpaired) electrons. The molecule has 0 aliphatic carbocycles. The molecule has 0 saturated heterocycles. The van der Waals surface area contributed by atoms with Crippen LogP contribution < -0.4 is 10.5 Å². The number of nitrogen functional groups attached to an aromatic ring is 1. The van der Waals surface area contributed by atoms with Crippen LogP contribution in [0.15, 0.2) is 35.2 Å². The monoisotopic (exact) mass is 352 g/mol. The third-order valence-electron chi connectivity index (χ3n) is 2.52. The summed E-state index contributed by atoms with van der Waals surface area (Å²) in [6.07, 6.45) is 0. The minimum absolute atomic E-state index is 0.0205. The Labute approximate surface area is 129 Å². The summed E-state index contributed by atoms with van der Waals surface area (Å²) < 4.78 is 52.7. The van der Waals surface area contributed by atoms with Gasteiger partial charge in [-0.2, -0.15) is 0 Å². The van der Waals surface area contributed by atoms with E-state index in [4.69, 9.17) is 28.9 Å². The lowest BCUT2D eigenvalue weighted by Gasteiger charge is -2.12. The molecule has 2 rings (SSSR count). The molecule has 0 bridgehead atoms. The Bertz CT molecular complexity index is 790. The van der Waals surface area contributed by atoms with E-state index in [-0.39, 0.29) is 20.6 Å². The Balaban J connectivity index is 2.44. The minimum Gasteiger partial charge on any atom is -0.397 e. The molecular weight excluding hydrogens is 345 g/mol. The lowest BCUT2D eigenvalue weighted by molar-refractivity contribution is 0.583. The van der Waals surface area contributed by atoms with Crippen molar-refractivity contribution < 1.29 is 17.2 Å². The van der Waals surface area contributed by atoms with Crippen LogP contribution >= 0.6 is 23.2 Å². The normalized spacial score (nSPS) is 11.4. The van der Waals surface area contributed by atoms with Gasteiger partial charge in [0.25, 0.3) is 10.0 Å². The highest BCUT2D eigenvalue weighted by molar-refractivity contribution is 7.92. The van der Waals surface area contributed by atoms with Gasteiger partial charge in [0.05, 0.1) is 20.6 Å². The topological polar surface area (TPSA) is 72.2 Å². The zero-order chi connectivity index (χ0) is 15.8. The summed E-state index contributed by atoms with van der Waals surface area (Å²) in [6.45, 7) is 0. The van der Waals surface area contributed by atoms with E-state index in [0.29, 0.717) is 6.07 Å². The minimum atomic E-state index is -4.15. The first-order chi connectivity index (χ1) is 9.70. The number of halogens is 4. The summed E-state index contributed by atoms with van der Waals surface area (Å²) >= 11 is 11.4. The highest BCUT2D eigenvalue weighted by atomic mass is 35.5. The fourth-order valence-electron chi connectivity index (χ4n) is 1.54. The molecule has 0 atom stereocenters. The second kappa shape index (κ2) is 5.67. The fraction of sp³-hybridized carbons (Fsp3) is 0. The van der Waals surface area contributed by atoms with Gasteiger partial charge >= 0.3 is 0 Å². The molecule has 0 aliphatic rings. The molecule has 0 aromatic heterocycles. The fourth-order valence-corrected chi connectivity index (χ4v) is 3.02. The van der Waals surface area contributed by atoms with Crippen molar-refractivity contribution in [2.75, 3.05) is 10.5 Å². The summed E-state index contributed by atoms with van der Waals surface area (Å²) in [5, 5.41) is 0.190. The number of hydrogen-bond acceptors (Lipinski definition) is 3. The van der Waals surface area contributed by atoms with Crippen molar-refractivity contribution in [1.82, 2.24) is 0 Å². The molecular formula is C12H8Cl2F2N2O2S. The first kappa shape index (κ1) is 15.8. The molecule has 0 heterocycles. The summed E-state index contributed by atoms with van der Waals surface area (Å²) in [5.74, 6) is -2.04. The van der Waals surface area contributed by atoms with Crippen molar-refractivity contribution in [3.8, 4) is 0 Å². The van der Waals surface area contributed by atoms with Gasteiger partial charge in [0.1, 0.15) is 11.5 Å². The molecule has 2 aromatic carbocycles. The van der Waals surface area contributed by atoms with Crippen LogP contribution in [0.1, 0.15) is 0 Å². The van der Waals surface area contributed by atoms with Crippen molar-refractivity contribution >= 4 is 44.6 Å². The summed E-state index contributed by atoms with van der Waals surface area (Å²) in [6, 6.07) is 4.89. The zero-order valence-corrected chi connectivity index (χ0v) is 12.5. The van der Waals surface area contributed by atoms with Crippen LogP contribution in [0.3, 0.4) is 0 Å². The van der Waals surface area contributed by atoms with E-state index in [2.05, 4.69) is 0 Å². The van der Waals surface area contributed by atoms with Gasteiger partial charge in [-0.3, -0.25) is 4.72 Å². The maximum atomic E-state index is 13.6. The maximum absolute atomic E-state index is 13.6. The Hall–Kier alpha value is -1.57. The maximum Gasteiger partial charge on any atom is 0.262 e. The van der Waals surface area contributed by atoms with Gasteiger partial charge in [-0.05, 0) is 24.3 Å². The van der Waals surface area contributed by atoms with Gasteiger partial charge in [0.15, 0.2) is 5.82 Å². The van der Waals surface area contributed by atoms with E-state index >= 15 is 0 Å². The Morgan fingerprint density at radius 3 is 2.29 bits per heavy atom. The van der Waals surface area contributed by atoms with Crippen LogP contribution in [0.25, 0.3) is 0 Å². The Morgan fingerprint density at radius 1 is 1.05 bits per heavy atom. The van der Waals surface area contributed by atoms with Crippen molar-refractivity contribution in [3.63, 3.8) is 0 Å². The molecule has 4 nitrogen and oxygen atoms in total. The van der Waals surface area contributed by atoms with Gasteiger partial charge in [0.2, 0.25) is 0 Å². The van der Waals surface area contributed by atoms with Crippen LogP contribution in [0.5, 0.6) is 0 Å². The Morgan fingerprint density at radius 2 is 1.71 bits per heavy atom. The first-order valence-electron chi connectivity index (χ1n) is 5.43. The van der Waals surface area contributed by atoms with Crippen LogP contribution in [0.2, 0.25) is 10.0 Å². The van der Waals surface area contributed by atoms with Crippen LogP contribution in [-0.4, -0.2) is 8.42 Å². The molecule has 0 saturated carbocycles. The van der Waals surface area contributed by atoms with Crippen molar-refractivity contribution in [3.05, 3.63) is 52.0 Å². The number of benzene rings is 2. The number of sulfonamides is 1. The second-order valence-electron chi connectivity index (χ2n) is 4.03. The largest absolute Gasteiger partial charge is 0.397 e. The smallest absolute Gasteiger partial charge is 0.262 e. The van der Waals surface area contributed by atoms with E-state index in [9.17, 15) is 17.2 Å². The molecule has 0 fully saturated rings. The van der Waals surface area contributed by atoms with E-state index in [1.807, 2.05) is 4.72 Å². The van der Waals surface area contributed by atoms with Gasteiger partial charge < -0.3 is 5.73 Å². The molecule has 0 amide bonds. The van der Waals surface area contributed by atoms with Crippen LogP contribution in [-0.2, 0) is 10.0 Å². The van der Waals surface area contributed by atoms with Crippen LogP contribution in [0.4, 0.5) is 20.2 Å². The standard InChI is InChI=1S/C12H8Cl2F2N2O2S/c13-8-2-1-7(5-9(8)14)21(19,20)18-12-10(16)3-6(15)4-11(12)17/h1-5,18H,17H2. The highest BCUT2D eigenvalue weighted by Crippen LogP contribution is 2.29. The summed E-state index contributed by atoms with van der Waals surface area (Å²) in [4.78, 5) is -0.236. The average Bonchev–Trinajstić information content (AvgIpc) is 2.37. The number of nitrogens with two attached hydrogens (primary N) is 1. The van der Waals surface area contributed by atoms with Crippen LogP contribution in [0, 0.1) is 11.6 Å². The predicted molar refractivity (Wildman–Crippen MR) is 78.0 cm³/mol. The van der Waals surface area contributed by atoms with Crippen molar-refractivity contribution in [2.45, 2.75) is 4.90 Å². The van der Waals surface area contributed by atoms with Gasteiger partial charge in [-0.25, -0.2) is 17.2 Å². The molecule has 0 aliphatic heterocycles. The third-order valence-corrected chi connectivity index (χ3v) is 4.61. The van der Waals surface area contributed by atoms with Crippen molar-refractivity contribution in [1.29, 1.82) is 0 Å². The molecule has 21 heavy (non-hydrogen) atoms. The number of nitrogens with one attached hydrogen (secondary N) is 1. The van der Waals surface area contributed by atoms with E-state index in [1.54, 1.807) is 0 Å². The van der Waals surface area contributed by atoms with Gasteiger partial charge in [-0.15, -0.1) is 0 Å². The molecule has 9 heteroatoms. The summed E-state index contributed by atoms with van der Waals surface area (Å²) in [7, 11) is -4.15. The number of anilines is 2. The molecule has 2 aromatic rings.